The molecule has 1 atom stereocenters. The minimum absolute atomic E-state index is 0.0508. The second-order valence-corrected chi connectivity index (χ2v) is 8.82. The molecule has 0 unspecified atom stereocenters. The fourth-order valence-electron chi connectivity index (χ4n) is 3.05. The van der Waals surface area contributed by atoms with Crippen LogP contribution in [0.2, 0.25) is 0 Å². The predicted molar refractivity (Wildman–Crippen MR) is 135 cm³/mol. The molecule has 0 aliphatic rings. The zero-order valence-corrected chi connectivity index (χ0v) is 21.2. The van der Waals surface area contributed by atoms with Gasteiger partial charge in [-0.3, -0.25) is 4.79 Å². The van der Waals surface area contributed by atoms with Crippen LogP contribution in [-0.4, -0.2) is 29.1 Å². The smallest absolute Gasteiger partial charge is 0.282 e. The van der Waals surface area contributed by atoms with Crippen molar-refractivity contribution in [3.8, 4) is 23.8 Å². The molecule has 32 heavy (non-hydrogen) atoms. The molecular formula is C24H23Br2N3O3. The lowest BCUT2D eigenvalue weighted by Crippen LogP contribution is -2.23. The Kier molecular flexibility index (Phi) is 8.10. The van der Waals surface area contributed by atoms with E-state index in [4.69, 9.17) is 20.9 Å². The Morgan fingerprint density at radius 3 is 2.66 bits per heavy atom. The van der Waals surface area contributed by atoms with Crippen molar-refractivity contribution in [2.75, 3.05) is 13.2 Å². The molecule has 0 spiro atoms. The number of terminal acetylenes is 1. The summed E-state index contributed by atoms with van der Waals surface area (Å²) >= 11 is 6.97. The van der Waals surface area contributed by atoms with Crippen LogP contribution in [0.4, 0.5) is 0 Å². The van der Waals surface area contributed by atoms with Gasteiger partial charge in [0.05, 0.1) is 23.7 Å². The molecule has 0 saturated carbocycles. The molecule has 3 aromatic rings. The third-order valence-electron chi connectivity index (χ3n) is 4.87. The van der Waals surface area contributed by atoms with Gasteiger partial charge in [0.2, 0.25) is 0 Å². The van der Waals surface area contributed by atoms with E-state index < -0.39 is 0 Å². The van der Waals surface area contributed by atoms with Crippen molar-refractivity contribution in [2.45, 2.75) is 33.1 Å². The summed E-state index contributed by atoms with van der Waals surface area (Å²) in [5.41, 5.74) is 1.14. The molecule has 0 radical (unpaired) electrons. The minimum Gasteiger partial charge on any atom is -0.490 e. The van der Waals surface area contributed by atoms with Crippen molar-refractivity contribution in [3.63, 3.8) is 0 Å². The average Bonchev–Trinajstić information content (AvgIpc) is 2.78. The molecule has 166 valence electrons. The Balaban J connectivity index is 2.13. The number of halogens is 2. The van der Waals surface area contributed by atoms with Crippen LogP contribution in [-0.2, 0) is 0 Å². The van der Waals surface area contributed by atoms with Gasteiger partial charge in [-0.15, -0.1) is 6.42 Å². The van der Waals surface area contributed by atoms with Crippen molar-refractivity contribution in [1.82, 2.24) is 9.66 Å². The summed E-state index contributed by atoms with van der Waals surface area (Å²) in [6.07, 6.45) is 7.73. The monoisotopic (exact) mass is 559 g/mol. The normalized spacial score (nSPS) is 12.1. The van der Waals surface area contributed by atoms with Crippen molar-refractivity contribution in [1.29, 1.82) is 0 Å². The van der Waals surface area contributed by atoms with E-state index in [0.29, 0.717) is 34.8 Å². The lowest BCUT2D eigenvalue weighted by molar-refractivity contribution is 0.299. The summed E-state index contributed by atoms with van der Waals surface area (Å²) < 4.78 is 14.2. The van der Waals surface area contributed by atoms with Gasteiger partial charge in [0.15, 0.2) is 11.5 Å². The first-order valence-corrected chi connectivity index (χ1v) is 11.8. The van der Waals surface area contributed by atoms with E-state index in [9.17, 15) is 4.79 Å². The van der Waals surface area contributed by atoms with Crippen molar-refractivity contribution < 1.29 is 9.47 Å². The van der Waals surface area contributed by atoms with Crippen LogP contribution in [0.25, 0.3) is 10.9 Å². The molecule has 1 heterocycles. The Morgan fingerprint density at radius 1 is 1.22 bits per heavy atom. The van der Waals surface area contributed by atoms with Crippen LogP contribution in [0.5, 0.6) is 11.5 Å². The first kappa shape index (κ1) is 24.0. The van der Waals surface area contributed by atoms with Crippen LogP contribution in [0, 0.1) is 12.3 Å². The van der Waals surface area contributed by atoms with Gasteiger partial charge in [-0.05, 0) is 59.6 Å². The summed E-state index contributed by atoms with van der Waals surface area (Å²) in [5.74, 6) is 4.18. The van der Waals surface area contributed by atoms with E-state index in [-0.39, 0.29) is 18.1 Å². The fraction of sp³-hybridized carbons (Fsp3) is 0.292. The summed E-state index contributed by atoms with van der Waals surface area (Å²) in [4.78, 5) is 18.0. The molecule has 2 aromatic carbocycles. The molecular weight excluding hydrogens is 538 g/mol. The first-order valence-electron chi connectivity index (χ1n) is 10.2. The fourth-order valence-corrected chi connectivity index (χ4v) is 3.84. The van der Waals surface area contributed by atoms with Gasteiger partial charge in [-0.2, -0.15) is 9.78 Å². The van der Waals surface area contributed by atoms with Crippen LogP contribution in [0.1, 0.15) is 44.5 Å². The lowest BCUT2D eigenvalue weighted by atomic mass is 10.1. The van der Waals surface area contributed by atoms with Crippen LogP contribution in [0.15, 0.2) is 49.2 Å². The molecule has 0 saturated heterocycles. The number of aromatic nitrogens is 2. The third kappa shape index (κ3) is 5.22. The molecule has 3 rings (SSSR count). The Hall–Kier alpha value is -2.63. The maximum Gasteiger partial charge on any atom is 0.282 e. The number of hydrogen-bond donors (Lipinski definition) is 0. The molecule has 0 N–H and O–H groups in total. The van der Waals surface area contributed by atoms with Gasteiger partial charge in [0.1, 0.15) is 12.4 Å². The molecule has 0 aliphatic heterocycles. The Bertz CT molecular complexity index is 1260. The summed E-state index contributed by atoms with van der Waals surface area (Å²) in [5, 5.41) is 5.02. The maximum absolute atomic E-state index is 13.3. The van der Waals surface area contributed by atoms with E-state index in [0.717, 1.165) is 20.9 Å². The number of hydrogen-bond acceptors (Lipinski definition) is 5. The number of fused-ring (bicyclic) bond motifs is 1. The molecule has 0 fully saturated rings. The number of rotatable bonds is 8. The van der Waals surface area contributed by atoms with Gasteiger partial charge in [0.25, 0.3) is 5.56 Å². The number of nitrogens with zero attached hydrogens (tertiary/aromatic N) is 3. The predicted octanol–water partition coefficient (Wildman–Crippen LogP) is 5.73. The van der Waals surface area contributed by atoms with Crippen molar-refractivity contribution in [2.24, 2.45) is 5.10 Å². The SMILES string of the molecule is C#CCOc1cc(Br)c(C=Nn2c([C@@H](C)CC)nc3ccc(Br)cc3c2=O)cc1OCC. The minimum atomic E-state index is -0.224. The van der Waals surface area contributed by atoms with E-state index >= 15 is 0 Å². The highest BCUT2D eigenvalue weighted by Crippen LogP contribution is 2.33. The quantitative estimate of drug-likeness (QED) is 0.261. The van der Waals surface area contributed by atoms with Gasteiger partial charge < -0.3 is 9.47 Å². The first-order chi connectivity index (χ1) is 15.4. The average molecular weight is 561 g/mol. The second-order valence-electron chi connectivity index (χ2n) is 7.05. The van der Waals surface area contributed by atoms with Crippen LogP contribution < -0.4 is 15.0 Å². The van der Waals surface area contributed by atoms with Gasteiger partial charge >= 0.3 is 0 Å². The highest BCUT2D eigenvalue weighted by molar-refractivity contribution is 9.10. The lowest BCUT2D eigenvalue weighted by Gasteiger charge is -2.14. The summed E-state index contributed by atoms with van der Waals surface area (Å²) in [6, 6.07) is 9.04. The summed E-state index contributed by atoms with van der Waals surface area (Å²) in [7, 11) is 0. The highest BCUT2D eigenvalue weighted by Gasteiger charge is 2.16. The van der Waals surface area contributed by atoms with Gasteiger partial charge in [-0.25, -0.2) is 4.98 Å². The Morgan fingerprint density at radius 2 is 1.97 bits per heavy atom. The molecule has 0 amide bonds. The second kappa shape index (κ2) is 10.8. The zero-order valence-electron chi connectivity index (χ0n) is 18.1. The van der Waals surface area contributed by atoms with E-state index in [1.165, 1.54) is 4.68 Å². The highest BCUT2D eigenvalue weighted by atomic mass is 79.9. The standard InChI is InChI=1S/C24H23Br2N3O3/c1-5-10-32-22-13-19(26)16(11-21(22)31-7-3)14-27-29-23(15(4)6-2)28-20-9-8-17(25)12-18(20)24(29)30/h1,8-9,11-15H,6-7,10H2,2-4H3/t15-/m0/s1. The van der Waals surface area contributed by atoms with Gasteiger partial charge in [0, 0.05) is 20.4 Å². The molecule has 6 nitrogen and oxygen atoms in total. The van der Waals surface area contributed by atoms with E-state index in [1.54, 1.807) is 24.4 Å². The van der Waals surface area contributed by atoms with Crippen molar-refractivity contribution >= 4 is 49.0 Å². The zero-order chi connectivity index (χ0) is 23.3. The molecule has 0 aliphatic carbocycles. The molecule has 1 aromatic heterocycles. The molecule has 8 heteroatoms. The number of ether oxygens (including phenoxy) is 2. The maximum atomic E-state index is 13.3. The molecule has 0 bridgehead atoms. The van der Waals surface area contributed by atoms with E-state index in [1.807, 2.05) is 26.0 Å². The van der Waals surface area contributed by atoms with Gasteiger partial charge in [-0.1, -0.05) is 35.7 Å². The largest absolute Gasteiger partial charge is 0.490 e. The van der Waals surface area contributed by atoms with Crippen LogP contribution in [0.3, 0.4) is 0 Å². The van der Waals surface area contributed by atoms with E-state index in [2.05, 4.69) is 49.8 Å². The van der Waals surface area contributed by atoms with Crippen LogP contribution >= 0.6 is 31.9 Å². The Labute approximate surface area is 203 Å². The topological polar surface area (TPSA) is 65.7 Å². The number of benzene rings is 2. The third-order valence-corrected chi connectivity index (χ3v) is 6.05. The van der Waals surface area contributed by atoms with Crippen molar-refractivity contribution in [3.05, 3.63) is 61.0 Å². The summed E-state index contributed by atoms with van der Waals surface area (Å²) in [6.45, 7) is 6.56.